The molecule has 0 amide bonds. The predicted molar refractivity (Wildman–Crippen MR) is 108 cm³/mol. The van der Waals surface area contributed by atoms with Gasteiger partial charge in [0.1, 0.15) is 17.5 Å². The van der Waals surface area contributed by atoms with Gasteiger partial charge in [-0.25, -0.2) is 0 Å². The van der Waals surface area contributed by atoms with E-state index in [-0.39, 0.29) is 17.3 Å². The molecule has 4 nitrogen and oxygen atoms in total. The SMILES string of the molecule is Cc1c(O)ccc2c1C=C[C@]1(C)[C@@H]3CC[C@]21O[C@@]1(OC(C)(C)[C@@H](C)[C@H]1O)[C@H]3C. The lowest BCUT2D eigenvalue weighted by atomic mass is 9.57. The summed E-state index contributed by atoms with van der Waals surface area (Å²) in [6, 6.07) is 3.80. The Morgan fingerprint density at radius 3 is 2.43 bits per heavy atom. The third-order valence-corrected chi connectivity index (χ3v) is 8.94. The van der Waals surface area contributed by atoms with Gasteiger partial charge in [-0.3, -0.25) is 0 Å². The number of ether oxygens (including phenoxy) is 2. The predicted octanol–water partition coefficient (Wildman–Crippen LogP) is 4.51. The number of phenols is 1. The lowest BCUT2D eigenvalue weighted by molar-refractivity contribution is -0.382. The Labute approximate surface area is 167 Å². The number of rotatable bonds is 0. The van der Waals surface area contributed by atoms with Crippen molar-refractivity contribution in [2.75, 3.05) is 0 Å². The fourth-order valence-electron chi connectivity index (χ4n) is 6.82. The minimum absolute atomic E-state index is 0.0183. The molecule has 2 aliphatic carbocycles. The summed E-state index contributed by atoms with van der Waals surface area (Å²) in [5.41, 5.74) is 1.89. The first-order valence-electron chi connectivity index (χ1n) is 10.6. The molecule has 7 atom stereocenters. The van der Waals surface area contributed by atoms with Crippen LogP contribution in [0, 0.1) is 30.1 Å². The maximum Gasteiger partial charge on any atom is 0.199 e. The molecule has 1 aromatic carbocycles. The molecule has 2 heterocycles. The van der Waals surface area contributed by atoms with Crippen molar-refractivity contribution in [2.24, 2.45) is 23.2 Å². The van der Waals surface area contributed by atoms with Gasteiger partial charge in [0.2, 0.25) is 0 Å². The van der Waals surface area contributed by atoms with Crippen LogP contribution >= 0.6 is 0 Å². The molecular weight excluding hydrogens is 352 g/mol. The third kappa shape index (κ3) is 1.83. The maximum absolute atomic E-state index is 11.4. The minimum Gasteiger partial charge on any atom is -0.508 e. The average Bonchev–Trinajstić information content (AvgIpc) is 2.96. The standard InChI is InChI=1S/C24H32O4/c1-13-16-9-11-22(6)17-10-12-23(22,18(16)7-8-19(13)25)28-24(14(17)2)20(26)15(3)21(4,5)27-24/h7-9,11,14-15,17,20,25-26H,10,12H2,1-6H3/t14-,15-,17+,20+,22+,23-,24-/m0/s1. The number of aliphatic hydroxyl groups excluding tert-OH is 1. The Balaban J connectivity index is 1.74. The van der Waals surface area contributed by atoms with E-state index in [0.717, 1.165) is 29.5 Å². The van der Waals surface area contributed by atoms with Gasteiger partial charge in [-0.15, -0.1) is 0 Å². The summed E-state index contributed by atoms with van der Waals surface area (Å²) in [5.74, 6) is -0.274. The number of fused-ring (bicyclic) bond motifs is 1. The molecule has 0 unspecified atom stereocenters. The Bertz CT molecular complexity index is 889. The second-order valence-electron chi connectivity index (χ2n) is 10.3. The van der Waals surface area contributed by atoms with Gasteiger partial charge in [0.15, 0.2) is 5.79 Å². The monoisotopic (exact) mass is 384 g/mol. The highest BCUT2D eigenvalue weighted by atomic mass is 16.7. The van der Waals surface area contributed by atoms with Gasteiger partial charge in [0.05, 0.1) is 5.60 Å². The van der Waals surface area contributed by atoms with Gasteiger partial charge < -0.3 is 19.7 Å². The van der Waals surface area contributed by atoms with Crippen LogP contribution in [0.5, 0.6) is 5.75 Å². The summed E-state index contributed by atoms with van der Waals surface area (Å²) in [6.07, 6.45) is 5.71. The highest BCUT2D eigenvalue weighted by Crippen LogP contribution is 2.71. The van der Waals surface area contributed by atoms with Crippen LogP contribution in [0.3, 0.4) is 0 Å². The summed E-state index contributed by atoms with van der Waals surface area (Å²) < 4.78 is 13.7. The summed E-state index contributed by atoms with van der Waals surface area (Å²) >= 11 is 0. The van der Waals surface area contributed by atoms with Crippen molar-refractivity contribution in [3.8, 4) is 5.75 Å². The highest BCUT2D eigenvalue weighted by molar-refractivity contribution is 5.67. The molecule has 4 heteroatoms. The normalized spacial score (nSPS) is 48.0. The molecule has 1 spiro atoms. The molecule has 28 heavy (non-hydrogen) atoms. The first-order valence-corrected chi connectivity index (χ1v) is 10.6. The van der Waals surface area contributed by atoms with E-state index in [9.17, 15) is 10.2 Å². The van der Waals surface area contributed by atoms with E-state index in [0.29, 0.717) is 11.7 Å². The average molecular weight is 385 g/mol. The van der Waals surface area contributed by atoms with Gasteiger partial charge >= 0.3 is 0 Å². The number of benzene rings is 1. The second-order valence-corrected chi connectivity index (χ2v) is 10.3. The van der Waals surface area contributed by atoms with Crippen molar-refractivity contribution in [2.45, 2.75) is 77.5 Å². The molecule has 152 valence electrons. The number of hydrogen-bond donors (Lipinski definition) is 2. The van der Waals surface area contributed by atoms with E-state index < -0.39 is 23.1 Å². The van der Waals surface area contributed by atoms with Gasteiger partial charge in [-0.2, -0.15) is 0 Å². The zero-order valence-electron chi connectivity index (χ0n) is 17.7. The molecule has 3 fully saturated rings. The van der Waals surface area contributed by atoms with E-state index >= 15 is 0 Å². The second kappa shape index (κ2) is 5.21. The Morgan fingerprint density at radius 1 is 1.07 bits per heavy atom. The molecule has 0 aromatic heterocycles. The smallest absolute Gasteiger partial charge is 0.199 e. The third-order valence-electron chi connectivity index (χ3n) is 8.94. The summed E-state index contributed by atoms with van der Waals surface area (Å²) in [5, 5.41) is 21.6. The lowest BCUT2D eigenvalue weighted by Crippen LogP contribution is -2.64. The van der Waals surface area contributed by atoms with Gasteiger partial charge in [-0.05, 0) is 62.3 Å². The molecule has 4 aliphatic rings. The Morgan fingerprint density at radius 2 is 1.79 bits per heavy atom. The summed E-state index contributed by atoms with van der Waals surface area (Å²) in [7, 11) is 0. The highest BCUT2D eigenvalue weighted by Gasteiger charge is 2.74. The van der Waals surface area contributed by atoms with Crippen LogP contribution < -0.4 is 0 Å². The van der Waals surface area contributed by atoms with E-state index in [2.05, 4.69) is 46.8 Å². The zero-order chi connectivity index (χ0) is 20.3. The van der Waals surface area contributed by atoms with Crippen molar-refractivity contribution in [1.82, 2.24) is 0 Å². The van der Waals surface area contributed by atoms with Crippen LogP contribution in [-0.4, -0.2) is 27.7 Å². The molecule has 5 rings (SSSR count). The minimum atomic E-state index is -1.00. The van der Waals surface area contributed by atoms with Crippen molar-refractivity contribution in [3.63, 3.8) is 0 Å². The fourth-order valence-corrected chi connectivity index (χ4v) is 6.82. The first kappa shape index (κ1) is 18.7. The van der Waals surface area contributed by atoms with Crippen LogP contribution in [0.4, 0.5) is 0 Å². The maximum atomic E-state index is 11.4. The number of phenolic OH excluding ortho intramolecular Hbond substituents is 1. The molecule has 2 N–H and O–H groups in total. The van der Waals surface area contributed by atoms with Gasteiger partial charge in [0.25, 0.3) is 0 Å². The number of aromatic hydroxyl groups is 1. The summed E-state index contributed by atoms with van der Waals surface area (Å²) in [6.45, 7) is 12.6. The molecule has 0 radical (unpaired) electrons. The van der Waals surface area contributed by atoms with E-state index in [1.54, 1.807) is 6.07 Å². The number of aliphatic hydroxyl groups is 1. The molecule has 1 saturated carbocycles. The van der Waals surface area contributed by atoms with Gasteiger partial charge in [0, 0.05) is 17.3 Å². The molecule has 2 aliphatic heterocycles. The van der Waals surface area contributed by atoms with Crippen LogP contribution in [0.25, 0.3) is 6.08 Å². The largest absolute Gasteiger partial charge is 0.508 e. The molecule has 2 bridgehead atoms. The molecular formula is C24H32O4. The van der Waals surface area contributed by atoms with Crippen LogP contribution in [0.15, 0.2) is 18.2 Å². The van der Waals surface area contributed by atoms with Crippen molar-refractivity contribution in [1.29, 1.82) is 0 Å². The van der Waals surface area contributed by atoms with Crippen molar-refractivity contribution < 1.29 is 19.7 Å². The topological polar surface area (TPSA) is 58.9 Å². The van der Waals surface area contributed by atoms with Crippen molar-refractivity contribution in [3.05, 3.63) is 34.9 Å². The lowest BCUT2D eigenvalue weighted by Gasteiger charge is -2.59. The van der Waals surface area contributed by atoms with Crippen LogP contribution in [0.1, 0.15) is 64.2 Å². The molecule has 1 aromatic rings. The fraction of sp³-hybridized carbons (Fsp3) is 0.667. The molecule has 2 saturated heterocycles. The first-order chi connectivity index (χ1) is 13.0. The van der Waals surface area contributed by atoms with Gasteiger partial charge in [-0.1, -0.05) is 39.0 Å². The van der Waals surface area contributed by atoms with E-state index in [1.165, 1.54) is 0 Å². The number of hydrogen-bond acceptors (Lipinski definition) is 4. The Hall–Kier alpha value is -1.36. The Kier molecular flexibility index (Phi) is 3.47. The van der Waals surface area contributed by atoms with Crippen molar-refractivity contribution >= 4 is 6.08 Å². The van der Waals surface area contributed by atoms with E-state index in [4.69, 9.17) is 9.47 Å². The summed E-state index contributed by atoms with van der Waals surface area (Å²) in [4.78, 5) is 0. The van der Waals surface area contributed by atoms with Crippen LogP contribution in [-0.2, 0) is 15.1 Å². The van der Waals surface area contributed by atoms with E-state index in [1.807, 2.05) is 13.0 Å². The zero-order valence-corrected chi connectivity index (χ0v) is 17.7. The quantitative estimate of drug-likeness (QED) is 0.691. The van der Waals surface area contributed by atoms with Crippen LogP contribution in [0.2, 0.25) is 0 Å².